The highest BCUT2D eigenvalue weighted by Gasteiger charge is 2.17. The maximum atomic E-state index is 13.2. The second kappa shape index (κ2) is 8.80. The number of aryl methyl sites for hydroxylation is 3. The van der Waals surface area contributed by atoms with E-state index in [4.69, 9.17) is 4.74 Å². The Morgan fingerprint density at radius 2 is 1.97 bits per heavy atom. The quantitative estimate of drug-likeness (QED) is 0.468. The van der Waals surface area contributed by atoms with E-state index in [1.165, 1.54) is 4.68 Å². The van der Waals surface area contributed by atoms with Gasteiger partial charge in [0.2, 0.25) is 0 Å². The minimum atomic E-state index is -0.385. The Balaban J connectivity index is 1.62. The van der Waals surface area contributed by atoms with Crippen LogP contribution in [0.2, 0.25) is 0 Å². The number of benzene rings is 1. The van der Waals surface area contributed by atoms with Crippen molar-refractivity contribution in [3.8, 4) is 11.6 Å². The van der Waals surface area contributed by atoms with E-state index in [1.54, 1.807) is 43.1 Å². The van der Waals surface area contributed by atoms with Crippen molar-refractivity contribution in [3.63, 3.8) is 0 Å². The smallest absolute Gasteiger partial charge is 0.274 e. The summed E-state index contributed by atoms with van der Waals surface area (Å²) in [5, 5.41) is 18.8. The van der Waals surface area contributed by atoms with Crippen molar-refractivity contribution in [2.24, 2.45) is 0 Å². The summed E-state index contributed by atoms with van der Waals surface area (Å²) in [6.45, 7) is 5.61. The normalized spacial score (nSPS) is 11.4. The first-order valence-corrected chi connectivity index (χ1v) is 9.87. The highest BCUT2D eigenvalue weighted by atomic mass is 16.5. The number of pyridine rings is 1. The van der Waals surface area contributed by atoms with E-state index in [-0.39, 0.29) is 11.6 Å². The van der Waals surface area contributed by atoms with Crippen LogP contribution in [-0.2, 0) is 4.79 Å². The molecule has 0 atom stereocenters. The lowest BCUT2D eigenvalue weighted by Gasteiger charge is -2.11. The lowest BCUT2D eigenvalue weighted by atomic mass is 10.1. The van der Waals surface area contributed by atoms with Gasteiger partial charge in [-0.15, -0.1) is 5.10 Å². The molecule has 0 aliphatic heterocycles. The van der Waals surface area contributed by atoms with Crippen LogP contribution >= 0.6 is 0 Å². The summed E-state index contributed by atoms with van der Waals surface area (Å²) in [5.41, 5.74) is 3.43. The monoisotopic (exact) mass is 430 g/mol. The predicted molar refractivity (Wildman–Crippen MR) is 119 cm³/mol. The minimum absolute atomic E-state index is 0.253. The molecular formula is C22H22N8O2. The van der Waals surface area contributed by atoms with Crippen molar-refractivity contribution in [3.05, 3.63) is 71.4 Å². The van der Waals surface area contributed by atoms with Crippen LogP contribution in [0.5, 0.6) is 5.75 Å². The fourth-order valence-electron chi connectivity index (χ4n) is 3.21. The number of tetrazole rings is 1. The summed E-state index contributed by atoms with van der Waals surface area (Å²) >= 11 is 0. The van der Waals surface area contributed by atoms with Gasteiger partial charge in [0.15, 0.2) is 11.6 Å². The third-order valence-corrected chi connectivity index (χ3v) is 4.72. The molecule has 1 aromatic carbocycles. The molecule has 0 saturated heterocycles. The number of methoxy groups -OCH3 is 1. The number of anilines is 1. The van der Waals surface area contributed by atoms with Gasteiger partial charge in [0.25, 0.3) is 5.91 Å². The summed E-state index contributed by atoms with van der Waals surface area (Å²) < 4.78 is 8.40. The molecule has 3 heterocycles. The zero-order chi connectivity index (χ0) is 22.7. The average molecular weight is 430 g/mol. The lowest BCUT2D eigenvalue weighted by molar-refractivity contribution is -0.111. The first kappa shape index (κ1) is 20.9. The van der Waals surface area contributed by atoms with Gasteiger partial charge in [-0.2, -0.15) is 9.78 Å². The Labute approximate surface area is 184 Å². The number of aromatic nitrogens is 7. The van der Waals surface area contributed by atoms with Gasteiger partial charge in [0, 0.05) is 5.69 Å². The summed E-state index contributed by atoms with van der Waals surface area (Å²) in [6, 6.07) is 12.9. The Bertz CT molecular complexity index is 1290. The van der Waals surface area contributed by atoms with Gasteiger partial charge in [-0.3, -0.25) is 4.79 Å². The van der Waals surface area contributed by atoms with Gasteiger partial charge in [-0.05, 0) is 73.2 Å². The molecule has 0 unspecified atom stereocenters. The molecule has 0 aliphatic rings. The number of nitrogens with one attached hydrogen (secondary N) is 1. The fraction of sp³-hybridized carbons (Fsp3) is 0.182. The standard InChI is InChI=1S/C22H22N8O2/c1-14-10-15(2)29(26-14)21-9-8-18(13-23-21)24-22(31)20(30-16(3)25-27-28-30)12-17-6-5-7-19(11-17)32-4/h5-13H,1-4H3,(H,24,31)/b20-12-. The van der Waals surface area contributed by atoms with Crippen molar-refractivity contribution in [2.45, 2.75) is 20.8 Å². The van der Waals surface area contributed by atoms with Crippen molar-refractivity contribution in [2.75, 3.05) is 12.4 Å². The van der Waals surface area contributed by atoms with Gasteiger partial charge in [-0.25, -0.2) is 9.67 Å². The topological polar surface area (TPSA) is 113 Å². The SMILES string of the molecule is COc1cccc(/C=C(/C(=O)Nc2ccc(-n3nc(C)cc3C)nc2)n2nnnc2C)c1. The molecule has 162 valence electrons. The third kappa shape index (κ3) is 4.38. The molecule has 0 fully saturated rings. The highest BCUT2D eigenvalue weighted by molar-refractivity contribution is 6.24. The van der Waals surface area contributed by atoms with Crippen LogP contribution in [0.15, 0.2) is 48.7 Å². The molecule has 4 aromatic rings. The number of hydrogen-bond acceptors (Lipinski definition) is 7. The van der Waals surface area contributed by atoms with Crippen molar-refractivity contribution >= 4 is 23.4 Å². The number of hydrogen-bond donors (Lipinski definition) is 1. The van der Waals surface area contributed by atoms with Crippen LogP contribution in [0.25, 0.3) is 17.6 Å². The van der Waals surface area contributed by atoms with Crippen molar-refractivity contribution < 1.29 is 9.53 Å². The largest absolute Gasteiger partial charge is 0.497 e. The molecule has 4 rings (SSSR count). The minimum Gasteiger partial charge on any atom is -0.497 e. The maximum Gasteiger partial charge on any atom is 0.274 e. The maximum absolute atomic E-state index is 13.2. The number of ether oxygens (including phenoxy) is 1. The van der Waals surface area contributed by atoms with E-state index >= 15 is 0 Å². The summed E-state index contributed by atoms with van der Waals surface area (Å²) in [7, 11) is 1.59. The molecule has 32 heavy (non-hydrogen) atoms. The second-order valence-corrected chi connectivity index (χ2v) is 7.14. The Kier molecular flexibility index (Phi) is 5.75. The van der Waals surface area contributed by atoms with E-state index in [9.17, 15) is 4.79 Å². The molecule has 3 aromatic heterocycles. The van der Waals surface area contributed by atoms with Crippen LogP contribution < -0.4 is 10.1 Å². The van der Waals surface area contributed by atoms with Crippen LogP contribution in [0.1, 0.15) is 22.8 Å². The summed E-state index contributed by atoms with van der Waals surface area (Å²) in [5.74, 6) is 1.43. The van der Waals surface area contributed by atoms with E-state index < -0.39 is 0 Å². The number of nitrogens with zero attached hydrogens (tertiary/aromatic N) is 7. The fourth-order valence-corrected chi connectivity index (χ4v) is 3.21. The number of carbonyl (C=O) groups is 1. The molecule has 0 bridgehead atoms. The van der Waals surface area contributed by atoms with Crippen molar-refractivity contribution in [1.82, 2.24) is 35.0 Å². The van der Waals surface area contributed by atoms with Gasteiger partial charge >= 0.3 is 0 Å². The molecule has 1 amide bonds. The zero-order valence-electron chi connectivity index (χ0n) is 18.1. The average Bonchev–Trinajstić information content (AvgIpc) is 3.36. The highest BCUT2D eigenvalue weighted by Crippen LogP contribution is 2.19. The van der Waals surface area contributed by atoms with Gasteiger partial charge in [0.05, 0.1) is 24.7 Å². The summed E-state index contributed by atoms with van der Waals surface area (Å²) in [4.78, 5) is 17.6. The van der Waals surface area contributed by atoms with Crippen LogP contribution in [-0.4, -0.2) is 48.0 Å². The van der Waals surface area contributed by atoms with E-state index in [0.29, 0.717) is 23.1 Å². The van der Waals surface area contributed by atoms with Gasteiger partial charge in [-0.1, -0.05) is 12.1 Å². The Hall–Kier alpha value is -4.34. The molecule has 0 spiro atoms. The molecule has 10 nitrogen and oxygen atoms in total. The van der Waals surface area contributed by atoms with Crippen LogP contribution in [0.4, 0.5) is 5.69 Å². The second-order valence-electron chi connectivity index (χ2n) is 7.14. The van der Waals surface area contributed by atoms with Crippen molar-refractivity contribution in [1.29, 1.82) is 0 Å². The van der Waals surface area contributed by atoms with E-state index in [2.05, 4.69) is 30.9 Å². The van der Waals surface area contributed by atoms with E-state index in [0.717, 1.165) is 17.0 Å². The predicted octanol–water partition coefficient (Wildman–Crippen LogP) is 2.82. The number of rotatable bonds is 6. The van der Waals surface area contributed by atoms with Crippen LogP contribution in [0.3, 0.4) is 0 Å². The zero-order valence-corrected chi connectivity index (χ0v) is 18.1. The Morgan fingerprint density at radius 3 is 2.59 bits per heavy atom. The number of amides is 1. The first-order valence-electron chi connectivity index (χ1n) is 9.87. The molecule has 0 radical (unpaired) electrons. The molecule has 1 N–H and O–H groups in total. The molecular weight excluding hydrogens is 408 g/mol. The molecule has 0 aliphatic carbocycles. The molecule has 0 saturated carbocycles. The van der Waals surface area contributed by atoms with Crippen LogP contribution in [0, 0.1) is 20.8 Å². The van der Waals surface area contributed by atoms with E-state index in [1.807, 2.05) is 44.2 Å². The third-order valence-electron chi connectivity index (χ3n) is 4.72. The van der Waals surface area contributed by atoms with Gasteiger partial charge in [0.1, 0.15) is 11.4 Å². The Morgan fingerprint density at radius 1 is 1.12 bits per heavy atom. The lowest BCUT2D eigenvalue weighted by Crippen LogP contribution is -2.19. The number of carbonyl (C=O) groups excluding carboxylic acids is 1. The summed E-state index contributed by atoms with van der Waals surface area (Å²) in [6.07, 6.45) is 3.28. The molecule has 10 heteroatoms. The van der Waals surface area contributed by atoms with Gasteiger partial charge < -0.3 is 10.1 Å². The first-order chi connectivity index (χ1) is 15.4.